The van der Waals surface area contributed by atoms with Gasteiger partial charge in [-0.15, -0.1) is 0 Å². The monoisotopic (exact) mass is 351 g/mol. The van der Waals surface area contributed by atoms with Crippen LogP contribution in [0.4, 0.5) is 0 Å². The van der Waals surface area contributed by atoms with Gasteiger partial charge in [0, 0.05) is 18.6 Å². The van der Waals surface area contributed by atoms with Crippen LogP contribution in [0.15, 0.2) is 53.5 Å². The van der Waals surface area contributed by atoms with Crippen molar-refractivity contribution in [3.63, 3.8) is 0 Å². The lowest BCUT2D eigenvalue weighted by Crippen LogP contribution is -2.17. The number of ether oxygens (including phenoxy) is 3. The lowest BCUT2D eigenvalue weighted by Gasteiger charge is -2.14. The minimum Gasteiger partial charge on any atom is -0.475 e. The first-order valence-corrected chi connectivity index (χ1v) is 9.25. The van der Waals surface area contributed by atoms with Gasteiger partial charge in [0.1, 0.15) is 6.61 Å². The quantitative estimate of drug-likeness (QED) is 0.793. The van der Waals surface area contributed by atoms with E-state index in [1.807, 2.05) is 6.07 Å². The van der Waals surface area contributed by atoms with E-state index in [0.29, 0.717) is 19.1 Å². The van der Waals surface area contributed by atoms with E-state index in [1.54, 1.807) is 0 Å². The van der Waals surface area contributed by atoms with Crippen molar-refractivity contribution in [3.8, 4) is 11.1 Å². The Kier molecular flexibility index (Phi) is 4.79. The van der Waals surface area contributed by atoms with Gasteiger partial charge in [-0.3, -0.25) is 0 Å². The van der Waals surface area contributed by atoms with E-state index in [4.69, 9.17) is 19.2 Å². The van der Waals surface area contributed by atoms with Gasteiger partial charge in [0.05, 0.1) is 12.1 Å². The first kappa shape index (κ1) is 17.3. The summed E-state index contributed by atoms with van der Waals surface area (Å²) in [5.74, 6) is 0.716. The Morgan fingerprint density at radius 2 is 1.96 bits per heavy atom. The maximum absolute atomic E-state index is 5.93. The summed E-state index contributed by atoms with van der Waals surface area (Å²) >= 11 is 0. The van der Waals surface area contributed by atoms with Crippen molar-refractivity contribution < 1.29 is 14.2 Å². The van der Waals surface area contributed by atoms with E-state index in [2.05, 4.69) is 56.3 Å². The van der Waals surface area contributed by atoms with Gasteiger partial charge < -0.3 is 14.2 Å². The Morgan fingerprint density at radius 1 is 1.12 bits per heavy atom. The predicted octanol–water partition coefficient (Wildman–Crippen LogP) is 4.56. The maximum Gasteiger partial charge on any atom is 0.217 e. The number of hydrogen-bond acceptors (Lipinski definition) is 4. The van der Waals surface area contributed by atoms with Crippen LogP contribution in [0.5, 0.6) is 0 Å². The second-order valence-corrected chi connectivity index (χ2v) is 7.52. The van der Waals surface area contributed by atoms with Crippen molar-refractivity contribution in [2.24, 2.45) is 4.99 Å². The highest BCUT2D eigenvalue weighted by molar-refractivity contribution is 6.02. The van der Waals surface area contributed by atoms with Crippen LogP contribution in [0.2, 0.25) is 0 Å². The molecule has 0 aliphatic carbocycles. The van der Waals surface area contributed by atoms with Crippen LogP contribution in [0.1, 0.15) is 37.8 Å². The van der Waals surface area contributed by atoms with Crippen LogP contribution < -0.4 is 0 Å². The first-order valence-electron chi connectivity index (χ1n) is 9.25. The van der Waals surface area contributed by atoms with E-state index < -0.39 is 0 Å². The third kappa shape index (κ3) is 3.81. The smallest absolute Gasteiger partial charge is 0.217 e. The molecule has 0 N–H and O–H groups in total. The van der Waals surface area contributed by atoms with Crippen molar-refractivity contribution in [3.05, 3.63) is 59.7 Å². The summed E-state index contributed by atoms with van der Waals surface area (Å²) in [5, 5.41) is 0. The van der Waals surface area contributed by atoms with Crippen LogP contribution in [-0.4, -0.2) is 30.9 Å². The Labute approximate surface area is 154 Å². The van der Waals surface area contributed by atoms with E-state index in [-0.39, 0.29) is 11.8 Å². The normalized spacial score (nSPS) is 21.5. The summed E-state index contributed by atoms with van der Waals surface area (Å²) in [6.07, 6.45) is 1.97. The van der Waals surface area contributed by atoms with Crippen molar-refractivity contribution in [2.45, 2.75) is 45.1 Å². The standard InChI is InChI=1S/C22H25NO3/c1-22(2)15-26-21(23-22)19-13-16(14-25-20-9-6-12-24-20)10-11-18(19)17-7-4-3-5-8-17/h3-5,7-8,10-11,13,20H,6,9,12,14-15H2,1-2H3. The second-order valence-electron chi connectivity index (χ2n) is 7.52. The third-order valence-electron chi connectivity index (χ3n) is 4.69. The average molecular weight is 351 g/mol. The molecule has 2 aliphatic rings. The molecule has 1 saturated heterocycles. The predicted molar refractivity (Wildman–Crippen MR) is 102 cm³/mol. The van der Waals surface area contributed by atoms with Gasteiger partial charge in [-0.05, 0) is 43.0 Å². The zero-order chi connectivity index (χ0) is 18.0. The number of aliphatic imine (C=N–C) groups is 1. The first-order chi connectivity index (χ1) is 12.6. The maximum atomic E-state index is 5.93. The topological polar surface area (TPSA) is 40.0 Å². The lowest BCUT2D eigenvalue weighted by atomic mass is 9.97. The molecule has 4 rings (SSSR count). The lowest BCUT2D eigenvalue weighted by molar-refractivity contribution is -0.118. The molecule has 4 nitrogen and oxygen atoms in total. The molecule has 0 bridgehead atoms. The fraction of sp³-hybridized carbons (Fsp3) is 0.409. The Hall–Kier alpha value is -2.17. The van der Waals surface area contributed by atoms with E-state index in [1.165, 1.54) is 0 Å². The SMILES string of the molecule is CC1(C)COC(c2cc(COC3CCCO3)ccc2-c2ccccc2)=N1. The minimum absolute atomic E-state index is 0.0775. The molecule has 2 aromatic rings. The second kappa shape index (κ2) is 7.22. The van der Waals surface area contributed by atoms with Gasteiger partial charge >= 0.3 is 0 Å². The molecule has 0 radical (unpaired) electrons. The van der Waals surface area contributed by atoms with Crippen molar-refractivity contribution in [1.82, 2.24) is 0 Å². The number of hydrogen-bond donors (Lipinski definition) is 0. The van der Waals surface area contributed by atoms with Gasteiger partial charge in [0.2, 0.25) is 5.90 Å². The van der Waals surface area contributed by atoms with Crippen LogP contribution in [0.3, 0.4) is 0 Å². The van der Waals surface area contributed by atoms with Gasteiger partial charge in [-0.25, -0.2) is 4.99 Å². The Morgan fingerprint density at radius 3 is 2.65 bits per heavy atom. The van der Waals surface area contributed by atoms with Crippen molar-refractivity contribution in [1.29, 1.82) is 0 Å². The molecule has 0 aromatic heterocycles. The zero-order valence-corrected chi connectivity index (χ0v) is 15.4. The molecule has 4 heteroatoms. The van der Waals surface area contributed by atoms with Crippen LogP contribution in [-0.2, 0) is 20.8 Å². The van der Waals surface area contributed by atoms with Gasteiger partial charge in [-0.1, -0.05) is 42.5 Å². The molecule has 136 valence electrons. The summed E-state index contributed by atoms with van der Waals surface area (Å²) in [6.45, 7) is 6.11. The van der Waals surface area contributed by atoms with E-state index in [0.717, 1.165) is 41.7 Å². The van der Waals surface area contributed by atoms with Crippen molar-refractivity contribution >= 4 is 5.90 Å². The molecule has 0 amide bonds. The highest BCUT2D eigenvalue weighted by Gasteiger charge is 2.28. The van der Waals surface area contributed by atoms with Gasteiger partial charge in [-0.2, -0.15) is 0 Å². The van der Waals surface area contributed by atoms with Crippen LogP contribution in [0, 0.1) is 0 Å². The number of nitrogens with zero attached hydrogens (tertiary/aromatic N) is 1. The van der Waals surface area contributed by atoms with Crippen LogP contribution in [0.25, 0.3) is 11.1 Å². The zero-order valence-electron chi connectivity index (χ0n) is 15.4. The molecular weight excluding hydrogens is 326 g/mol. The van der Waals surface area contributed by atoms with Crippen molar-refractivity contribution in [2.75, 3.05) is 13.2 Å². The Bertz CT molecular complexity index is 792. The molecule has 0 saturated carbocycles. The number of benzene rings is 2. The highest BCUT2D eigenvalue weighted by atomic mass is 16.7. The largest absolute Gasteiger partial charge is 0.475 e. The van der Waals surface area contributed by atoms with E-state index >= 15 is 0 Å². The summed E-state index contributed by atoms with van der Waals surface area (Å²) in [7, 11) is 0. The molecule has 1 atom stereocenters. The molecule has 2 aliphatic heterocycles. The minimum atomic E-state index is -0.187. The molecule has 1 unspecified atom stereocenters. The summed E-state index contributed by atoms with van der Waals surface area (Å²) in [4.78, 5) is 4.78. The molecular formula is C22H25NO3. The molecule has 2 heterocycles. The molecule has 0 spiro atoms. The molecule has 2 aromatic carbocycles. The van der Waals surface area contributed by atoms with Gasteiger partial charge in [0.25, 0.3) is 0 Å². The van der Waals surface area contributed by atoms with E-state index in [9.17, 15) is 0 Å². The van der Waals surface area contributed by atoms with Gasteiger partial charge in [0.15, 0.2) is 6.29 Å². The molecule has 26 heavy (non-hydrogen) atoms. The highest BCUT2D eigenvalue weighted by Crippen LogP contribution is 2.30. The van der Waals surface area contributed by atoms with Crippen LogP contribution >= 0.6 is 0 Å². The number of rotatable bonds is 5. The molecule has 1 fully saturated rings. The average Bonchev–Trinajstić information content (AvgIpc) is 3.30. The third-order valence-corrected chi connectivity index (χ3v) is 4.69. The fourth-order valence-electron chi connectivity index (χ4n) is 3.32. The summed E-state index contributed by atoms with van der Waals surface area (Å²) in [5.41, 5.74) is 4.22. The summed E-state index contributed by atoms with van der Waals surface area (Å²) < 4.78 is 17.4. The summed E-state index contributed by atoms with van der Waals surface area (Å²) in [6, 6.07) is 16.7. The Balaban J connectivity index is 1.66. The fourth-order valence-corrected chi connectivity index (χ4v) is 3.32.